The molecule has 0 atom stereocenters. The predicted molar refractivity (Wildman–Crippen MR) is 91.5 cm³/mol. The summed E-state index contributed by atoms with van der Waals surface area (Å²) < 4.78 is 0. The Kier molecular flexibility index (Phi) is 5.05. The van der Waals surface area contributed by atoms with E-state index >= 15 is 0 Å². The molecule has 0 saturated carbocycles. The SMILES string of the molecule is O=C(Cc1cccs1)N1CC(=O)N(CCc2ccccc2)C(=O)C1. The average Bonchev–Trinajstić information content (AvgIpc) is 3.08. The summed E-state index contributed by atoms with van der Waals surface area (Å²) in [5.74, 6) is -0.787. The van der Waals surface area contributed by atoms with Gasteiger partial charge in [-0.3, -0.25) is 19.3 Å². The van der Waals surface area contributed by atoms with Crippen molar-refractivity contribution in [2.24, 2.45) is 0 Å². The molecule has 1 aromatic heterocycles. The molecule has 5 nitrogen and oxygen atoms in total. The zero-order valence-electron chi connectivity index (χ0n) is 13.2. The van der Waals surface area contributed by atoms with E-state index in [9.17, 15) is 14.4 Å². The van der Waals surface area contributed by atoms with E-state index in [1.807, 2.05) is 47.8 Å². The number of imide groups is 1. The quantitative estimate of drug-likeness (QED) is 0.778. The summed E-state index contributed by atoms with van der Waals surface area (Å²) in [4.78, 5) is 40.3. The number of hydrogen-bond acceptors (Lipinski definition) is 4. The minimum absolute atomic E-state index is 0.0231. The van der Waals surface area contributed by atoms with Crippen molar-refractivity contribution in [3.05, 3.63) is 58.3 Å². The molecule has 0 unspecified atom stereocenters. The molecular formula is C18H18N2O3S. The van der Waals surface area contributed by atoms with Crippen molar-refractivity contribution in [3.8, 4) is 0 Å². The Bertz CT molecular complexity index is 710. The number of piperazine rings is 1. The number of rotatable bonds is 5. The van der Waals surface area contributed by atoms with Gasteiger partial charge in [0, 0.05) is 11.4 Å². The Morgan fingerprint density at radius 1 is 1.00 bits per heavy atom. The van der Waals surface area contributed by atoms with E-state index in [1.54, 1.807) is 0 Å². The van der Waals surface area contributed by atoms with Gasteiger partial charge in [-0.05, 0) is 23.4 Å². The Balaban J connectivity index is 1.57. The van der Waals surface area contributed by atoms with Gasteiger partial charge in [-0.1, -0.05) is 36.4 Å². The smallest absolute Gasteiger partial charge is 0.248 e. The normalized spacial score (nSPS) is 15.0. The van der Waals surface area contributed by atoms with Crippen LogP contribution in [0.3, 0.4) is 0 Å². The standard InChI is InChI=1S/C18H18N2O3S/c21-16(11-15-7-4-10-24-15)19-12-17(22)20(18(23)13-19)9-8-14-5-2-1-3-6-14/h1-7,10H,8-9,11-13H2. The van der Waals surface area contributed by atoms with Crippen LogP contribution in [0.25, 0.3) is 0 Å². The highest BCUT2D eigenvalue weighted by Crippen LogP contribution is 2.13. The van der Waals surface area contributed by atoms with Gasteiger partial charge < -0.3 is 4.90 Å². The first-order chi connectivity index (χ1) is 11.6. The third kappa shape index (κ3) is 3.89. The summed E-state index contributed by atoms with van der Waals surface area (Å²) in [6.45, 7) is 0.310. The van der Waals surface area contributed by atoms with E-state index in [2.05, 4.69) is 0 Å². The van der Waals surface area contributed by atoms with Gasteiger partial charge in [0.25, 0.3) is 0 Å². The molecule has 0 N–H and O–H groups in total. The van der Waals surface area contributed by atoms with Gasteiger partial charge >= 0.3 is 0 Å². The van der Waals surface area contributed by atoms with Gasteiger partial charge in [-0.2, -0.15) is 0 Å². The summed E-state index contributed by atoms with van der Waals surface area (Å²) in [7, 11) is 0. The first-order valence-corrected chi connectivity index (χ1v) is 8.69. The van der Waals surface area contributed by atoms with Crippen LogP contribution < -0.4 is 0 Å². The maximum Gasteiger partial charge on any atom is 0.248 e. The molecule has 24 heavy (non-hydrogen) atoms. The molecule has 1 aromatic carbocycles. The van der Waals surface area contributed by atoms with Crippen molar-refractivity contribution in [1.29, 1.82) is 0 Å². The topological polar surface area (TPSA) is 57.7 Å². The summed E-state index contributed by atoms with van der Waals surface area (Å²) in [5, 5.41) is 1.90. The molecule has 6 heteroatoms. The molecule has 2 aromatic rings. The maximum atomic E-state index is 12.3. The second kappa shape index (κ2) is 7.40. The maximum absolute atomic E-state index is 12.3. The summed E-state index contributed by atoms with van der Waals surface area (Å²) in [5.41, 5.74) is 1.08. The molecule has 0 aliphatic carbocycles. The van der Waals surface area contributed by atoms with Gasteiger partial charge in [0.15, 0.2) is 0 Å². The van der Waals surface area contributed by atoms with Crippen molar-refractivity contribution < 1.29 is 14.4 Å². The number of carbonyl (C=O) groups is 3. The Labute approximate surface area is 144 Å². The third-order valence-electron chi connectivity index (χ3n) is 3.98. The van der Waals surface area contributed by atoms with Crippen LogP contribution in [0.15, 0.2) is 47.8 Å². The Morgan fingerprint density at radius 3 is 2.33 bits per heavy atom. The number of hydrogen-bond donors (Lipinski definition) is 0. The van der Waals surface area contributed by atoms with Crippen LogP contribution in [-0.2, 0) is 27.2 Å². The highest BCUT2D eigenvalue weighted by Gasteiger charge is 2.33. The molecule has 124 valence electrons. The van der Waals surface area contributed by atoms with Crippen LogP contribution >= 0.6 is 11.3 Å². The molecule has 0 bridgehead atoms. The number of amides is 3. The second-order valence-electron chi connectivity index (χ2n) is 5.68. The van der Waals surface area contributed by atoms with Crippen LogP contribution in [0.4, 0.5) is 0 Å². The highest BCUT2D eigenvalue weighted by atomic mass is 32.1. The van der Waals surface area contributed by atoms with E-state index in [1.165, 1.54) is 21.1 Å². The van der Waals surface area contributed by atoms with Crippen molar-refractivity contribution in [2.75, 3.05) is 19.6 Å². The fourth-order valence-electron chi connectivity index (χ4n) is 2.68. The lowest BCUT2D eigenvalue weighted by atomic mass is 10.1. The van der Waals surface area contributed by atoms with E-state index in [0.717, 1.165) is 10.4 Å². The zero-order valence-corrected chi connectivity index (χ0v) is 14.0. The van der Waals surface area contributed by atoms with Gasteiger partial charge in [0.2, 0.25) is 17.7 Å². The van der Waals surface area contributed by atoms with Crippen molar-refractivity contribution in [2.45, 2.75) is 12.8 Å². The molecule has 3 amide bonds. The van der Waals surface area contributed by atoms with Gasteiger partial charge in [0.1, 0.15) is 13.1 Å². The predicted octanol–water partition coefficient (Wildman–Crippen LogP) is 1.73. The minimum atomic E-state index is -0.304. The molecule has 1 saturated heterocycles. The number of thiophene rings is 1. The fourth-order valence-corrected chi connectivity index (χ4v) is 3.37. The molecule has 3 rings (SSSR count). The number of benzene rings is 1. The first kappa shape index (κ1) is 16.4. The lowest BCUT2D eigenvalue weighted by Crippen LogP contribution is -2.56. The third-order valence-corrected chi connectivity index (χ3v) is 4.86. The molecule has 1 fully saturated rings. The molecule has 2 heterocycles. The molecule has 1 aliphatic heterocycles. The zero-order chi connectivity index (χ0) is 16.9. The van der Waals surface area contributed by atoms with E-state index < -0.39 is 0 Å². The Morgan fingerprint density at radius 2 is 1.71 bits per heavy atom. The number of nitrogens with zero attached hydrogens (tertiary/aromatic N) is 2. The van der Waals surface area contributed by atoms with Crippen LogP contribution in [0.5, 0.6) is 0 Å². The second-order valence-corrected chi connectivity index (χ2v) is 6.71. The van der Waals surface area contributed by atoms with E-state index in [-0.39, 0.29) is 37.2 Å². The first-order valence-electron chi connectivity index (χ1n) is 7.81. The molecule has 0 spiro atoms. The molecular weight excluding hydrogens is 324 g/mol. The average molecular weight is 342 g/mol. The van der Waals surface area contributed by atoms with Gasteiger partial charge in [-0.15, -0.1) is 11.3 Å². The van der Waals surface area contributed by atoms with Crippen LogP contribution in [0.1, 0.15) is 10.4 Å². The van der Waals surface area contributed by atoms with E-state index in [0.29, 0.717) is 13.0 Å². The van der Waals surface area contributed by atoms with Gasteiger partial charge in [-0.25, -0.2) is 0 Å². The largest absolute Gasteiger partial charge is 0.324 e. The highest BCUT2D eigenvalue weighted by molar-refractivity contribution is 7.10. The van der Waals surface area contributed by atoms with Crippen LogP contribution in [-0.4, -0.2) is 47.2 Å². The number of carbonyl (C=O) groups excluding carboxylic acids is 3. The lowest BCUT2D eigenvalue weighted by Gasteiger charge is -2.32. The molecule has 0 radical (unpaired) electrons. The summed E-state index contributed by atoms with van der Waals surface area (Å²) >= 11 is 1.50. The summed E-state index contributed by atoms with van der Waals surface area (Å²) in [6.07, 6.45) is 0.865. The molecule has 1 aliphatic rings. The summed E-state index contributed by atoms with van der Waals surface area (Å²) in [6, 6.07) is 13.5. The van der Waals surface area contributed by atoms with E-state index in [4.69, 9.17) is 0 Å². The van der Waals surface area contributed by atoms with Crippen LogP contribution in [0.2, 0.25) is 0 Å². The van der Waals surface area contributed by atoms with Crippen molar-refractivity contribution in [3.63, 3.8) is 0 Å². The van der Waals surface area contributed by atoms with Crippen molar-refractivity contribution in [1.82, 2.24) is 9.80 Å². The van der Waals surface area contributed by atoms with Crippen LogP contribution in [0, 0.1) is 0 Å². The fraction of sp³-hybridized carbons (Fsp3) is 0.278. The monoisotopic (exact) mass is 342 g/mol. The Hall–Kier alpha value is -2.47. The van der Waals surface area contributed by atoms with Crippen molar-refractivity contribution >= 4 is 29.1 Å². The van der Waals surface area contributed by atoms with Gasteiger partial charge in [0.05, 0.1) is 6.42 Å². The lowest BCUT2D eigenvalue weighted by molar-refractivity contribution is -0.156. The minimum Gasteiger partial charge on any atom is -0.324 e.